The number of halogens is 2. The highest BCUT2D eigenvalue weighted by atomic mass is 32.2. The maximum absolute atomic E-state index is 13.7. The van der Waals surface area contributed by atoms with E-state index in [0.29, 0.717) is 27.5 Å². The van der Waals surface area contributed by atoms with Crippen LogP contribution in [0.15, 0.2) is 50.4 Å². The molecule has 0 aliphatic carbocycles. The van der Waals surface area contributed by atoms with Crippen LogP contribution in [0.25, 0.3) is 0 Å². The summed E-state index contributed by atoms with van der Waals surface area (Å²) in [4.78, 5) is 38.8. The molecule has 3 aromatic rings. The molecule has 0 spiro atoms. The molecule has 15 heteroatoms. The van der Waals surface area contributed by atoms with Crippen molar-refractivity contribution in [2.24, 2.45) is 0 Å². The zero-order chi connectivity index (χ0) is 27.0. The number of aliphatic carboxylic acids is 1. The molecular formula is C23H18F2N4O6S3. The van der Waals surface area contributed by atoms with Gasteiger partial charge in [-0.2, -0.15) is 0 Å². The van der Waals surface area contributed by atoms with Crippen LogP contribution in [0, 0.1) is 18.6 Å². The number of β-lactam (4-membered cyclic amide) rings is 1. The predicted octanol–water partition coefficient (Wildman–Crippen LogP) is 3.44. The normalized spacial score (nSPS) is 18.7. The van der Waals surface area contributed by atoms with Crippen LogP contribution in [0.3, 0.4) is 0 Å². The van der Waals surface area contributed by atoms with Crippen LogP contribution < -0.4 is 10.1 Å². The highest BCUT2D eigenvalue weighted by molar-refractivity contribution is 8.01. The minimum atomic E-state index is -1.22. The van der Waals surface area contributed by atoms with E-state index in [2.05, 4.69) is 15.5 Å². The third kappa shape index (κ3) is 5.26. The fourth-order valence-electron chi connectivity index (χ4n) is 3.81. The maximum Gasteiger partial charge on any atom is 0.352 e. The Kier molecular flexibility index (Phi) is 7.40. The van der Waals surface area contributed by atoms with E-state index in [9.17, 15) is 28.3 Å². The van der Waals surface area contributed by atoms with Gasteiger partial charge in [0.05, 0.1) is 0 Å². The summed E-state index contributed by atoms with van der Waals surface area (Å²) < 4.78 is 38.2. The Labute approximate surface area is 226 Å². The van der Waals surface area contributed by atoms with Crippen LogP contribution in [0.5, 0.6) is 5.75 Å². The summed E-state index contributed by atoms with van der Waals surface area (Å²) in [5, 5.41) is 20.6. The summed E-state index contributed by atoms with van der Waals surface area (Å²) in [5.74, 6) is -3.40. The van der Waals surface area contributed by atoms with Crippen molar-refractivity contribution in [3.05, 3.63) is 69.8 Å². The number of nitrogens with zero attached hydrogens (tertiary/aromatic N) is 3. The van der Waals surface area contributed by atoms with E-state index in [1.54, 1.807) is 0 Å². The Morgan fingerprint density at radius 2 is 2.11 bits per heavy atom. The molecule has 0 saturated carbocycles. The molecule has 4 heterocycles. The molecule has 2 aliphatic rings. The molecule has 10 nitrogen and oxygen atoms in total. The molecule has 2 atom stereocenters. The number of furan rings is 1. The van der Waals surface area contributed by atoms with Crippen molar-refractivity contribution in [3.63, 3.8) is 0 Å². The number of thioether (sulfide) groups is 2. The first-order chi connectivity index (χ1) is 18.2. The summed E-state index contributed by atoms with van der Waals surface area (Å²) >= 11 is 4.11. The fourth-order valence-corrected chi connectivity index (χ4v) is 7.11. The lowest BCUT2D eigenvalue weighted by molar-refractivity contribution is -0.148. The largest absolute Gasteiger partial charge is 0.483 e. The summed E-state index contributed by atoms with van der Waals surface area (Å²) in [7, 11) is 0. The van der Waals surface area contributed by atoms with E-state index < -0.39 is 40.8 Å². The molecule has 38 heavy (non-hydrogen) atoms. The Morgan fingerprint density at radius 3 is 2.82 bits per heavy atom. The minimum Gasteiger partial charge on any atom is -0.483 e. The Hall–Kier alpha value is -3.43. The number of fused-ring (bicyclic) bond motifs is 1. The van der Waals surface area contributed by atoms with E-state index in [0.717, 1.165) is 17.1 Å². The van der Waals surface area contributed by atoms with Gasteiger partial charge in [-0.05, 0) is 36.8 Å². The number of carboxylic acids is 1. The maximum atomic E-state index is 13.7. The number of nitrogens with one attached hydrogen (secondary N) is 1. The molecule has 1 fully saturated rings. The third-order valence-corrected chi connectivity index (χ3v) is 8.96. The van der Waals surface area contributed by atoms with E-state index in [1.807, 2.05) is 6.92 Å². The molecule has 1 aromatic carbocycles. The van der Waals surface area contributed by atoms with Crippen molar-refractivity contribution < 1.29 is 37.4 Å². The van der Waals surface area contributed by atoms with Gasteiger partial charge in [-0.15, -0.1) is 22.0 Å². The molecular weight excluding hydrogens is 562 g/mol. The lowest BCUT2D eigenvalue weighted by Gasteiger charge is -2.49. The molecule has 1 saturated heterocycles. The summed E-state index contributed by atoms with van der Waals surface area (Å²) in [6.45, 7) is 1.61. The quantitative estimate of drug-likeness (QED) is 0.286. The van der Waals surface area contributed by atoms with Gasteiger partial charge in [0.2, 0.25) is 0 Å². The van der Waals surface area contributed by atoms with Crippen molar-refractivity contribution in [3.8, 4) is 5.75 Å². The SMILES string of the molecule is Cc1nnc(SCC2=C(C(=O)O)N3C(=O)[C@H](NC(=O)c4ccc(COc5ccc(F)cc5F)o4)[C@@H]3SC2)s1. The van der Waals surface area contributed by atoms with Crippen LogP contribution in [-0.2, 0) is 16.2 Å². The fraction of sp³-hybridized carbons (Fsp3) is 0.261. The van der Waals surface area contributed by atoms with Gasteiger partial charge < -0.3 is 19.6 Å². The molecule has 5 rings (SSSR count). The topological polar surface area (TPSA) is 135 Å². The number of hydrogen-bond acceptors (Lipinski definition) is 10. The number of benzene rings is 1. The molecule has 0 bridgehead atoms. The minimum absolute atomic E-state index is 0.0801. The Bertz CT molecular complexity index is 1460. The first kappa shape index (κ1) is 26.2. The van der Waals surface area contributed by atoms with E-state index in [1.165, 1.54) is 51.9 Å². The van der Waals surface area contributed by atoms with Crippen LogP contribution in [0.4, 0.5) is 8.78 Å². The van der Waals surface area contributed by atoms with E-state index in [-0.39, 0.29) is 29.6 Å². The lowest BCUT2D eigenvalue weighted by Crippen LogP contribution is -2.70. The monoisotopic (exact) mass is 580 g/mol. The smallest absolute Gasteiger partial charge is 0.352 e. The van der Waals surface area contributed by atoms with Gasteiger partial charge >= 0.3 is 5.97 Å². The molecule has 2 aliphatic heterocycles. The average molecular weight is 581 g/mol. The van der Waals surface area contributed by atoms with Crippen LogP contribution in [-0.4, -0.2) is 60.9 Å². The van der Waals surface area contributed by atoms with Crippen molar-refractivity contribution in [1.82, 2.24) is 20.4 Å². The van der Waals surface area contributed by atoms with Crippen molar-refractivity contribution in [2.45, 2.75) is 29.3 Å². The van der Waals surface area contributed by atoms with Crippen LogP contribution >= 0.6 is 34.9 Å². The number of hydrogen-bond donors (Lipinski definition) is 2. The molecule has 0 unspecified atom stereocenters. The standard InChI is InChI=1S/C23H18F2N4O6S3/c1-10-27-28-23(38-10)37-9-11-8-36-21-17(20(31)29(21)18(11)22(32)33)26-19(30)16-5-3-13(35-16)7-34-15-4-2-12(24)6-14(15)25/h2-6,17,21H,7-9H2,1H3,(H,26,30)(H,32,33)/t17-,21-/m0/s1. The second-order valence-corrected chi connectivity index (χ2v) is 11.6. The van der Waals surface area contributed by atoms with Crippen molar-refractivity contribution in [1.29, 1.82) is 0 Å². The first-order valence-electron chi connectivity index (χ1n) is 11.0. The van der Waals surface area contributed by atoms with Gasteiger partial charge in [0.15, 0.2) is 21.7 Å². The van der Waals surface area contributed by atoms with Gasteiger partial charge in [-0.25, -0.2) is 13.6 Å². The third-order valence-electron chi connectivity index (χ3n) is 5.56. The summed E-state index contributed by atoms with van der Waals surface area (Å²) in [5.41, 5.74) is 0.506. The number of ether oxygens (including phenoxy) is 1. The number of carbonyl (C=O) groups excluding carboxylic acids is 2. The predicted molar refractivity (Wildman–Crippen MR) is 134 cm³/mol. The van der Waals surface area contributed by atoms with E-state index in [4.69, 9.17) is 9.15 Å². The van der Waals surface area contributed by atoms with Gasteiger partial charge in [-0.3, -0.25) is 14.5 Å². The number of carboxylic acid groups (broad SMARTS) is 1. The zero-order valence-electron chi connectivity index (χ0n) is 19.5. The zero-order valence-corrected chi connectivity index (χ0v) is 21.9. The highest BCUT2D eigenvalue weighted by Gasteiger charge is 2.54. The number of aromatic nitrogens is 2. The Balaban J connectivity index is 1.20. The number of rotatable bonds is 9. The molecule has 2 N–H and O–H groups in total. The Morgan fingerprint density at radius 1 is 1.29 bits per heavy atom. The summed E-state index contributed by atoms with van der Waals surface area (Å²) in [6, 6.07) is 4.77. The van der Waals surface area contributed by atoms with Gasteiger partial charge in [0.25, 0.3) is 11.8 Å². The summed E-state index contributed by atoms with van der Waals surface area (Å²) in [6.07, 6.45) is 0. The highest BCUT2D eigenvalue weighted by Crippen LogP contribution is 2.42. The van der Waals surface area contributed by atoms with Crippen LogP contribution in [0.2, 0.25) is 0 Å². The second kappa shape index (κ2) is 10.7. The van der Waals surface area contributed by atoms with Crippen LogP contribution in [0.1, 0.15) is 21.3 Å². The molecule has 198 valence electrons. The number of aryl methyl sites for hydroxylation is 1. The van der Waals surface area contributed by atoms with Gasteiger partial charge in [-0.1, -0.05) is 23.1 Å². The molecule has 2 amide bonds. The molecule has 0 radical (unpaired) electrons. The van der Waals surface area contributed by atoms with Crippen molar-refractivity contribution in [2.75, 3.05) is 11.5 Å². The van der Waals surface area contributed by atoms with Gasteiger partial charge in [0, 0.05) is 17.6 Å². The average Bonchev–Trinajstić information content (AvgIpc) is 3.53. The number of amides is 2. The van der Waals surface area contributed by atoms with Gasteiger partial charge in [0.1, 0.15) is 40.3 Å². The second-order valence-electron chi connectivity index (χ2n) is 8.12. The molecule has 2 aromatic heterocycles. The van der Waals surface area contributed by atoms with E-state index >= 15 is 0 Å². The number of carbonyl (C=O) groups is 3. The van der Waals surface area contributed by atoms with Crippen molar-refractivity contribution >= 4 is 52.6 Å². The first-order valence-corrected chi connectivity index (χ1v) is 13.9. The lowest BCUT2D eigenvalue weighted by atomic mass is 10.0.